The minimum atomic E-state index is -0.229. The van der Waals surface area contributed by atoms with Gasteiger partial charge in [-0.15, -0.1) is 0 Å². The first kappa shape index (κ1) is 11.8. The van der Waals surface area contributed by atoms with E-state index in [1.165, 1.54) is 12.1 Å². The third-order valence-corrected chi connectivity index (χ3v) is 3.40. The second-order valence-corrected chi connectivity index (χ2v) is 4.76. The molecular formula is C12H16ClFN2. The van der Waals surface area contributed by atoms with Crippen molar-refractivity contribution in [1.29, 1.82) is 0 Å². The highest BCUT2D eigenvalue weighted by Crippen LogP contribution is 2.20. The summed E-state index contributed by atoms with van der Waals surface area (Å²) in [5, 5.41) is 0.635. The minimum Gasteiger partial charge on any atom is -0.328 e. The monoisotopic (exact) mass is 242 g/mol. The highest BCUT2D eigenvalue weighted by molar-refractivity contribution is 6.31. The molecule has 0 bridgehead atoms. The maximum Gasteiger partial charge on any atom is 0.123 e. The highest BCUT2D eigenvalue weighted by Gasteiger charge is 2.16. The van der Waals surface area contributed by atoms with Gasteiger partial charge in [0.25, 0.3) is 0 Å². The molecule has 0 atom stereocenters. The summed E-state index contributed by atoms with van der Waals surface area (Å²) in [5.41, 5.74) is 6.69. The van der Waals surface area contributed by atoms with E-state index in [-0.39, 0.29) is 5.82 Å². The Morgan fingerprint density at radius 3 is 2.75 bits per heavy atom. The van der Waals surface area contributed by atoms with Gasteiger partial charge in [0.05, 0.1) is 0 Å². The van der Waals surface area contributed by atoms with Gasteiger partial charge in [-0.3, -0.25) is 4.90 Å². The van der Waals surface area contributed by atoms with Gasteiger partial charge >= 0.3 is 0 Å². The van der Waals surface area contributed by atoms with E-state index in [0.29, 0.717) is 17.6 Å². The van der Waals surface area contributed by atoms with Crippen LogP contribution in [-0.2, 0) is 6.54 Å². The molecule has 1 aliphatic rings. The molecule has 0 saturated carbocycles. The van der Waals surface area contributed by atoms with Gasteiger partial charge in [0.1, 0.15) is 5.82 Å². The van der Waals surface area contributed by atoms with Crippen molar-refractivity contribution in [2.45, 2.75) is 25.4 Å². The summed E-state index contributed by atoms with van der Waals surface area (Å²) in [5.74, 6) is -0.229. The Labute approximate surface area is 100 Å². The van der Waals surface area contributed by atoms with Gasteiger partial charge in [-0.25, -0.2) is 4.39 Å². The molecular weight excluding hydrogens is 227 g/mol. The van der Waals surface area contributed by atoms with Crippen molar-refractivity contribution >= 4 is 11.6 Å². The summed E-state index contributed by atoms with van der Waals surface area (Å²) < 4.78 is 13.1. The van der Waals surface area contributed by atoms with E-state index in [1.807, 2.05) is 0 Å². The molecule has 2 nitrogen and oxygen atoms in total. The van der Waals surface area contributed by atoms with Crippen LogP contribution in [0.2, 0.25) is 5.02 Å². The predicted octanol–water partition coefficient (Wildman–Crippen LogP) is 2.40. The molecule has 0 radical (unpaired) electrons. The van der Waals surface area contributed by atoms with Crippen LogP contribution in [0.3, 0.4) is 0 Å². The van der Waals surface area contributed by atoms with Crippen LogP contribution in [0.25, 0.3) is 0 Å². The number of hydrogen-bond donors (Lipinski definition) is 1. The number of hydrogen-bond acceptors (Lipinski definition) is 2. The van der Waals surface area contributed by atoms with Crippen molar-refractivity contribution in [2.75, 3.05) is 13.1 Å². The third kappa shape index (κ3) is 2.94. The van der Waals surface area contributed by atoms with Crippen molar-refractivity contribution in [3.8, 4) is 0 Å². The van der Waals surface area contributed by atoms with E-state index >= 15 is 0 Å². The molecule has 0 spiro atoms. The molecule has 0 unspecified atom stereocenters. The SMILES string of the molecule is NC1CCN(Cc2cc(F)ccc2Cl)CC1. The summed E-state index contributed by atoms with van der Waals surface area (Å²) in [7, 11) is 0. The van der Waals surface area contributed by atoms with E-state index in [1.54, 1.807) is 6.07 Å². The van der Waals surface area contributed by atoms with Crippen LogP contribution in [0, 0.1) is 5.82 Å². The van der Waals surface area contributed by atoms with Crippen LogP contribution < -0.4 is 5.73 Å². The zero-order chi connectivity index (χ0) is 11.5. The predicted molar refractivity (Wildman–Crippen MR) is 63.9 cm³/mol. The molecule has 1 fully saturated rings. The Kier molecular flexibility index (Phi) is 3.79. The van der Waals surface area contributed by atoms with Gasteiger partial charge in [0.15, 0.2) is 0 Å². The van der Waals surface area contributed by atoms with E-state index < -0.39 is 0 Å². The molecule has 1 aromatic rings. The molecule has 0 amide bonds. The Morgan fingerprint density at radius 2 is 2.06 bits per heavy atom. The van der Waals surface area contributed by atoms with Crippen LogP contribution in [-0.4, -0.2) is 24.0 Å². The largest absolute Gasteiger partial charge is 0.328 e. The van der Waals surface area contributed by atoms with E-state index in [4.69, 9.17) is 17.3 Å². The van der Waals surface area contributed by atoms with Gasteiger partial charge in [-0.1, -0.05) is 11.6 Å². The number of rotatable bonds is 2. The van der Waals surface area contributed by atoms with Crippen molar-refractivity contribution in [3.63, 3.8) is 0 Å². The maximum absolute atomic E-state index is 13.1. The lowest BCUT2D eigenvalue weighted by atomic mass is 10.1. The Morgan fingerprint density at radius 1 is 1.38 bits per heavy atom. The molecule has 1 heterocycles. The lowest BCUT2D eigenvalue weighted by Gasteiger charge is -2.30. The molecule has 0 aromatic heterocycles. The fourth-order valence-corrected chi connectivity index (χ4v) is 2.19. The quantitative estimate of drug-likeness (QED) is 0.863. The molecule has 4 heteroatoms. The number of nitrogens with two attached hydrogens (primary N) is 1. The van der Waals surface area contributed by atoms with Crippen molar-refractivity contribution in [1.82, 2.24) is 4.90 Å². The average molecular weight is 243 g/mol. The second kappa shape index (κ2) is 5.13. The molecule has 1 aromatic carbocycles. The number of piperidine rings is 1. The zero-order valence-corrected chi connectivity index (χ0v) is 9.88. The Hall–Kier alpha value is -0.640. The van der Waals surface area contributed by atoms with Gasteiger partial charge < -0.3 is 5.73 Å². The molecule has 16 heavy (non-hydrogen) atoms. The van der Waals surface area contributed by atoms with Crippen LogP contribution in [0.1, 0.15) is 18.4 Å². The molecule has 1 aliphatic heterocycles. The van der Waals surface area contributed by atoms with E-state index in [0.717, 1.165) is 31.5 Å². The topological polar surface area (TPSA) is 29.3 Å². The number of likely N-dealkylation sites (tertiary alicyclic amines) is 1. The first-order valence-electron chi connectivity index (χ1n) is 5.57. The van der Waals surface area contributed by atoms with Crippen molar-refractivity contribution in [3.05, 3.63) is 34.6 Å². The number of benzene rings is 1. The number of halogens is 2. The molecule has 2 rings (SSSR count). The zero-order valence-electron chi connectivity index (χ0n) is 9.13. The van der Waals surface area contributed by atoms with Gasteiger partial charge in [-0.05, 0) is 49.7 Å². The average Bonchev–Trinajstić information content (AvgIpc) is 2.27. The van der Waals surface area contributed by atoms with Crippen molar-refractivity contribution in [2.24, 2.45) is 5.73 Å². The molecule has 0 aliphatic carbocycles. The molecule has 88 valence electrons. The van der Waals surface area contributed by atoms with E-state index in [9.17, 15) is 4.39 Å². The first-order valence-corrected chi connectivity index (χ1v) is 5.95. The normalized spacial score (nSPS) is 18.9. The van der Waals surface area contributed by atoms with Gasteiger partial charge in [0, 0.05) is 17.6 Å². The third-order valence-electron chi connectivity index (χ3n) is 3.03. The highest BCUT2D eigenvalue weighted by atomic mass is 35.5. The van der Waals surface area contributed by atoms with Crippen LogP contribution in [0.15, 0.2) is 18.2 Å². The standard InChI is InChI=1S/C12H16ClFN2/c13-12-2-1-10(14)7-9(12)8-16-5-3-11(15)4-6-16/h1-2,7,11H,3-6,8,15H2. The Balaban J connectivity index is 2.00. The smallest absolute Gasteiger partial charge is 0.123 e. The van der Waals surface area contributed by atoms with E-state index in [2.05, 4.69) is 4.90 Å². The lowest BCUT2D eigenvalue weighted by molar-refractivity contribution is 0.205. The molecule has 2 N–H and O–H groups in total. The maximum atomic E-state index is 13.1. The molecule has 1 saturated heterocycles. The second-order valence-electron chi connectivity index (χ2n) is 4.35. The van der Waals surface area contributed by atoms with Crippen LogP contribution in [0.4, 0.5) is 4.39 Å². The summed E-state index contributed by atoms with van der Waals surface area (Å²) >= 11 is 6.03. The lowest BCUT2D eigenvalue weighted by Crippen LogP contribution is -2.39. The summed E-state index contributed by atoms with van der Waals surface area (Å²) in [6, 6.07) is 4.83. The fraction of sp³-hybridized carbons (Fsp3) is 0.500. The summed E-state index contributed by atoms with van der Waals surface area (Å²) in [6.45, 7) is 2.64. The minimum absolute atomic E-state index is 0.229. The van der Waals surface area contributed by atoms with Crippen LogP contribution >= 0.6 is 11.6 Å². The van der Waals surface area contributed by atoms with Gasteiger partial charge in [-0.2, -0.15) is 0 Å². The van der Waals surface area contributed by atoms with Crippen LogP contribution in [0.5, 0.6) is 0 Å². The van der Waals surface area contributed by atoms with Crippen molar-refractivity contribution < 1.29 is 4.39 Å². The summed E-state index contributed by atoms with van der Waals surface area (Å²) in [4.78, 5) is 2.27. The fourth-order valence-electron chi connectivity index (χ4n) is 2.02. The Bertz CT molecular complexity index is 362. The summed E-state index contributed by atoms with van der Waals surface area (Å²) in [6.07, 6.45) is 2.01. The van der Waals surface area contributed by atoms with Gasteiger partial charge in [0.2, 0.25) is 0 Å². The first-order chi connectivity index (χ1) is 7.65. The number of nitrogens with zero attached hydrogens (tertiary/aromatic N) is 1.